The number of piperidine rings is 2. The Hall–Kier alpha value is -2.48. The molecule has 2 N–H and O–H groups in total. The number of sulfonamides is 1. The predicted octanol–water partition coefficient (Wildman–Crippen LogP) is 1.51. The standard InChI is InChI=1S/C23H30N4O5S/c1-15-11-16(13-24)3-4-18(15)17-5-9-26(10-6-17)22(29)20-19(21(28)25-30)12-23(7-8-23)14-27(20)33(2,31)32/h3-4,11,17,19-20,30H,5-10,12,14H2,1-2H3,(H,25,28)/t19-,20-/m0/s1. The molecule has 2 heterocycles. The maximum atomic E-state index is 13.6. The number of aryl methyl sites for hydroxylation is 1. The maximum absolute atomic E-state index is 13.6. The molecular formula is C23H30N4O5S. The molecule has 1 aliphatic carbocycles. The van der Waals surface area contributed by atoms with Gasteiger partial charge < -0.3 is 4.90 Å². The van der Waals surface area contributed by atoms with Crippen molar-refractivity contribution in [2.24, 2.45) is 11.3 Å². The van der Waals surface area contributed by atoms with Crippen LogP contribution in [-0.4, -0.2) is 66.6 Å². The van der Waals surface area contributed by atoms with E-state index >= 15 is 0 Å². The molecule has 1 spiro atoms. The molecule has 3 aliphatic rings. The summed E-state index contributed by atoms with van der Waals surface area (Å²) in [6.07, 6.45) is 4.51. The van der Waals surface area contributed by atoms with Crippen LogP contribution in [0.4, 0.5) is 0 Å². The highest BCUT2D eigenvalue weighted by atomic mass is 32.2. The molecule has 3 fully saturated rings. The molecular weight excluding hydrogens is 444 g/mol. The molecule has 0 aromatic heterocycles. The number of benzene rings is 1. The van der Waals surface area contributed by atoms with E-state index in [4.69, 9.17) is 5.26 Å². The largest absolute Gasteiger partial charge is 0.341 e. The molecule has 1 aromatic rings. The summed E-state index contributed by atoms with van der Waals surface area (Å²) in [5.74, 6) is -1.77. The van der Waals surface area contributed by atoms with E-state index in [1.165, 1.54) is 4.31 Å². The Morgan fingerprint density at radius 2 is 1.91 bits per heavy atom. The van der Waals surface area contributed by atoms with Gasteiger partial charge >= 0.3 is 0 Å². The second-order valence-corrected chi connectivity index (χ2v) is 11.8. The quantitative estimate of drug-likeness (QED) is 0.502. The van der Waals surface area contributed by atoms with Gasteiger partial charge in [0, 0.05) is 19.6 Å². The lowest BCUT2D eigenvalue weighted by Gasteiger charge is -2.44. The first-order valence-electron chi connectivity index (χ1n) is 11.3. The number of carbonyl (C=O) groups excluding carboxylic acids is 2. The summed E-state index contributed by atoms with van der Waals surface area (Å²) in [6.45, 7) is 3.12. The summed E-state index contributed by atoms with van der Waals surface area (Å²) < 4.78 is 26.4. The van der Waals surface area contributed by atoms with Crippen molar-refractivity contribution in [3.63, 3.8) is 0 Å². The van der Waals surface area contributed by atoms with E-state index in [0.717, 1.165) is 30.2 Å². The first-order chi connectivity index (χ1) is 15.6. The zero-order chi connectivity index (χ0) is 24.0. The summed E-state index contributed by atoms with van der Waals surface area (Å²) in [5.41, 5.74) is 4.19. The van der Waals surface area contributed by atoms with Gasteiger partial charge in [0.2, 0.25) is 21.8 Å². The molecule has 178 valence electrons. The van der Waals surface area contributed by atoms with E-state index in [-0.39, 0.29) is 23.8 Å². The molecule has 0 unspecified atom stereocenters. The van der Waals surface area contributed by atoms with Crippen molar-refractivity contribution < 1.29 is 23.2 Å². The fraction of sp³-hybridized carbons (Fsp3) is 0.609. The number of nitrogens with one attached hydrogen (secondary N) is 1. The Bertz CT molecular complexity index is 1100. The molecule has 10 heteroatoms. The number of rotatable bonds is 4. The Morgan fingerprint density at radius 3 is 2.42 bits per heavy atom. The number of hydrogen-bond acceptors (Lipinski definition) is 6. The maximum Gasteiger partial charge on any atom is 0.248 e. The van der Waals surface area contributed by atoms with Crippen LogP contribution >= 0.6 is 0 Å². The van der Waals surface area contributed by atoms with Crippen LogP contribution in [0.5, 0.6) is 0 Å². The average molecular weight is 475 g/mol. The number of hydrogen-bond donors (Lipinski definition) is 2. The van der Waals surface area contributed by atoms with Crippen molar-refractivity contribution in [2.45, 2.75) is 51.0 Å². The van der Waals surface area contributed by atoms with E-state index < -0.39 is 27.9 Å². The van der Waals surface area contributed by atoms with Gasteiger partial charge in [-0.1, -0.05) is 6.07 Å². The van der Waals surface area contributed by atoms with Gasteiger partial charge in [-0.3, -0.25) is 14.8 Å². The predicted molar refractivity (Wildman–Crippen MR) is 119 cm³/mol. The molecule has 9 nitrogen and oxygen atoms in total. The lowest BCUT2D eigenvalue weighted by Crippen LogP contribution is -2.62. The van der Waals surface area contributed by atoms with Gasteiger partial charge in [-0.25, -0.2) is 13.9 Å². The molecule has 2 atom stereocenters. The van der Waals surface area contributed by atoms with Crippen molar-refractivity contribution in [2.75, 3.05) is 25.9 Å². The summed E-state index contributed by atoms with van der Waals surface area (Å²) in [4.78, 5) is 27.7. The highest BCUT2D eigenvalue weighted by molar-refractivity contribution is 7.88. The average Bonchev–Trinajstić information content (AvgIpc) is 3.55. The zero-order valence-electron chi connectivity index (χ0n) is 19.0. The molecule has 0 radical (unpaired) electrons. The van der Waals surface area contributed by atoms with Crippen LogP contribution in [0.25, 0.3) is 0 Å². The normalized spacial score (nSPS) is 25.5. The van der Waals surface area contributed by atoms with Crippen molar-refractivity contribution in [1.82, 2.24) is 14.7 Å². The van der Waals surface area contributed by atoms with Crippen LogP contribution in [0.15, 0.2) is 18.2 Å². The van der Waals surface area contributed by atoms with Gasteiger partial charge in [0.25, 0.3) is 0 Å². The van der Waals surface area contributed by atoms with E-state index in [1.807, 2.05) is 19.1 Å². The van der Waals surface area contributed by atoms with Gasteiger partial charge in [0.05, 0.1) is 23.8 Å². The van der Waals surface area contributed by atoms with E-state index in [9.17, 15) is 23.2 Å². The fourth-order valence-electron chi connectivity index (χ4n) is 5.55. The number of likely N-dealkylation sites (tertiary alicyclic amines) is 1. The smallest absolute Gasteiger partial charge is 0.248 e. The number of carbonyl (C=O) groups is 2. The summed E-state index contributed by atoms with van der Waals surface area (Å²) >= 11 is 0. The van der Waals surface area contributed by atoms with Crippen LogP contribution in [0.3, 0.4) is 0 Å². The van der Waals surface area contributed by atoms with Crippen molar-refractivity contribution in [3.05, 3.63) is 34.9 Å². The first kappa shape index (κ1) is 23.7. The Kier molecular flexibility index (Phi) is 6.24. The SMILES string of the molecule is Cc1cc(C#N)ccc1C1CCN(C(=O)[C@@H]2[C@@H](C(=O)NO)CC3(CC3)CN2S(C)(=O)=O)CC1. The second-order valence-electron chi connectivity index (χ2n) is 9.82. The van der Waals surface area contributed by atoms with Gasteiger partial charge in [-0.15, -0.1) is 0 Å². The first-order valence-corrected chi connectivity index (χ1v) is 13.1. The van der Waals surface area contributed by atoms with Gasteiger partial charge in [0.1, 0.15) is 6.04 Å². The Morgan fingerprint density at radius 1 is 1.24 bits per heavy atom. The molecule has 1 aromatic carbocycles. The lowest BCUT2D eigenvalue weighted by molar-refractivity contribution is -0.148. The molecule has 0 bridgehead atoms. The molecule has 2 amide bonds. The molecule has 2 aliphatic heterocycles. The minimum absolute atomic E-state index is 0.234. The van der Waals surface area contributed by atoms with Crippen LogP contribution in [0.2, 0.25) is 0 Å². The van der Waals surface area contributed by atoms with Crippen molar-refractivity contribution in [3.8, 4) is 6.07 Å². The Labute approximate surface area is 194 Å². The third-order valence-electron chi connectivity index (χ3n) is 7.56. The summed E-state index contributed by atoms with van der Waals surface area (Å²) in [7, 11) is -3.73. The van der Waals surface area contributed by atoms with Gasteiger partial charge in [-0.05, 0) is 73.6 Å². The van der Waals surface area contributed by atoms with Gasteiger partial charge in [0.15, 0.2) is 0 Å². The molecule has 33 heavy (non-hydrogen) atoms. The van der Waals surface area contributed by atoms with E-state index in [2.05, 4.69) is 6.07 Å². The van der Waals surface area contributed by atoms with Crippen LogP contribution in [0, 0.1) is 29.6 Å². The lowest BCUT2D eigenvalue weighted by atomic mass is 9.80. The van der Waals surface area contributed by atoms with Gasteiger partial charge in [-0.2, -0.15) is 9.57 Å². The minimum Gasteiger partial charge on any atom is -0.341 e. The monoisotopic (exact) mass is 474 g/mol. The topological polar surface area (TPSA) is 131 Å². The van der Waals surface area contributed by atoms with E-state index in [1.54, 1.807) is 16.4 Å². The van der Waals surface area contributed by atoms with Crippen LogP contribution < -0.4 is 5.48 Å². The highest BCUT2D eigenvalue weighted by Crippen LogP contribution is 2.55. The fourth-order valence-corrected chi connectivity index (χ4v) is 6.71. The molecule has 4 rings (SSSR count). The number of amides is 2. The molecule has 1 saturated carbocycles. The Balaban J connectivity index is 1.53. The number of nitrogens with zero attached hydrogens (tertiary/aromatic N) is 3. The summed E-state index contributed by atoms with van der Waals surface area (Å²) in [5, 5.41) is 18.4. The molecule has 2 saturated heterocycles. The van der Waals surface area contributed by atoms with Crippen LogP contribution in [0.1, 0.15) is 54.7 Å². The highest BCUT2D eigenvalue weighted by Gasteiger charge is 2.58. The number of hydroxylamine groups is 1. The van der Waals surface area contributed by atoms with Crippen molar-refractivity contribution in [1.29, 1.82) is 5.26 Å². The van der Waals surface area contributed by atoms with Crippen LogP contribution in [-0.2, 0) is 19.6 Å². The number of nitriles is 1. The second kappa shape index (κ2) is 8.70. The third kappa shape index (κ3) is 4.63. The van der Waals surface area contributed by atoms with E-state index in [0.29, 0.717) is 37.9 Å². The van der Waals surface area contributed by atoms with Crippen molar-refractivity contribution >= 4 is 21.8 Å². The minimum atomic E-state index is -3.73. The third-order valence-corrected chi connectivity index (χ3v) is 8.77. The summed E-state index contributed by atoms with van der Waals surface area (Å²) in [6, 6.07) is 6.64. The zero-order valence-corrected chi connectivity index (χ0v) is 19.8.